The van der Waals surface area contributed by atoms with E-state index in [0.717, 1.165) is 16.7 Å². The molecule has 2 N–H and O–H groups in total. The van der Waals surface area contributed by atoms with E-state index in [0.29, 0.717) is 18.0 Å². The van der Waals surface area contributed by atoms with E-state index in [-0.39, 0.29) is 31.2 Å². The molecule has 0 unspecified atom stereocenters. The van der Waals surface area contributed by atoms with Gasteiger partial charge in [0, 0.05) is 38.0 Å². The summed E-state index contributed by atoms with van der Waals surface area (Å²) in [5, 5.41) is 16.7. The van der Waals surface area contributed by atoms with E-state index in [4.69, 9.17) is 4.52 Å². The van der Waals surface area contributed by atoms with E-state index in [1.54, 1.807) is 25.4 Å². The van der Waals surface area contributed by atoms with Crippen LogP contribution in [0.3, 0.4) is 0 Å². The van der Waals surface area contributed by atoms with Crippen molar-refractivity contribution < 1.29 is 19.2 Å². The highest BCUT2D eigenvalue weighted by Gasteiger charge is 2.38. The van der Waals surface area contributed by atoms with Crippen LogP contribution < -0.4 is 5.32 Å². The van der Waals surface area contributed by atoms with Gasteiger partial charge in [-0.3, -0.25) is 14.6 Å². The second-order valence-corrected chi connectivity index (χ2v) is 7.72. The fourth-order valence-corrected chi connectivity index (χ4v) is 3.74. The monoisotopic (exact) mass is 420 g/mol. The predicted molar refractivity (Wildman–Crippen MR) is 113 cm³/mol. The number of carbonyl (C=O) groups is 2. The zero-order valence-corrected chi connectivity index (χ0v) is 17.2. The summed E-state index contributed by atoms with van der Waals surface area (Å²) >= 11 is 0. The number of aliphatic hydroxyl groups excluding tert-OH is 1. The molecule has 0 saturated carbocycles. The van der Waals surface area contributed by atoms with Gasteiger partial charge in [-0.2, -0.15) is 0 Å². The lowest BCUT2D eigenvalue weighted by Crippen LogP contribution is -2.46. The second-order valence-electron chi connectivity index (χ2n) is 7.72. The number of carbonyl (C=O) groups excluding carboxylic acids is 2. The Morgan fingerprint density at radius 2 is 2.03 bits per heavy atom. The molecule has 160 valence electrons. The Hall–Kier alpha value is -3.52. The Balaban J connectivity index is 1.36. The molecule has 2 atom stereocenters. The average Bonchev–Trinajstić information content (AvgIpc) is 3.38. The molecule has 1 aliphatic rings. The third-order valence-corrected chi connectivity index (χ3v) is 5.32. The quantitative estimate of drug-likeness (QED) is 0.630. The zero-order valence-electron chi connectivity index (χ0n) is 17.2. The smallest absolute Gasteiger partial charge is 0.243 e. The van der Waals surface area contributed by atoms with Crippen molar-refractivity contribution in [2.75, 3.05) is 6.54 Å². The fraction of sp³-hybridized carbons (Fsp3) is 0.304. The summed E-state index contributed by atoms with van der Waals surface area (Å²) in [6.45, 7) is 2.24. The lowest BCUT2D eigenvalue weighted by atomic mass is 10.1. The highest BCUT2D eigenvalue weighted by atomic mass is 16.5. The van der Waals surface area contributed by atoms with Crippen molar-refractivity contribution in [1.82, 2.24) is 20.4 Å². The van der Waals surface area contributed by atoms with Crippen molar-refractivity contribution in [3.05, 3.63) is 71.9 Å². The Morgan fingerprint density at radius 3 is 2.71 bits per heavy atom. The highest BCUT2D eigenvalue weighted by molar-refractivity contribution is 5.89. The van der Waals surface area contributed by atoms with E-state index in [9.17, 15) is 14.7 Å². The van der Waals surface area contributed by atoms with Crippen LogP contribution >= 0.6 is 0 Å². The van der Waals surface area contributed by atoms with Crippen molar-refractivity contribution >= 4 is 11.8 Å². The van der Waals surface area contributed by atoms with Crippen molar-refractivity contribution in [2.24, 2.45) is 0 Å². The molecule has 8 nitrogen and oxygen atoms in total. The van der Waals surface area contributed by atoms with Gasteiger partial charge < -0.3 is 19.8 Å². The van der Waals surface area contributed by atoms with Gasteiger partial charge in [0.1, 0.15) is 11.8 Å². The van der Waals surface area contributed by atoms with Gasteiger partial charge in [-0.15, -0.1) is 0 Å². The summed E-state index contributed by atoms with van der Waals surface area (Å²) in [6, 6.07) is 12.7. The van der Waals surface area contributed by atoms with Crippen LogP contribution in [0.15, 0.2) is 59.4 Å². The number of aliphatic hydroxyl groups is 1. The summed E-state index contributed by atoms with van der Waals surface area (Å²) in [4.78, 5) is 31.0. The Morgan fingerprint density at radius 1 is 1.23 bits per heavy atom. The van der Waals surface area contributed by atoms with Gasteiger partial charge in [0.25, 0.3) is 0 Å². The van der Waals surface area contributed by atoms with Crippen LogP contribution in [0.5, 0.6) is 0 Å². The predicted octanol–water partition coefficient (Wildman–Crippen LogP) is 1.87. The van der Waals surface area contributed by atoms with Crippen LogP contribution in [-0.2, 0) is 22.6 Å². The lowest BCUT2D eigenvalue weighted by Gasteiger charge is -2.23. The second kappa shape index (κ2) is 9.09. The molecule has 2 aromatic heterocycles. The molecule has 8 heteroatoms. The van der Waals surface area contributed by atoms with Crippen molar-refractivity contribution in [3.8, 4) is 11.1 Å². The zero-order chi connectivity index (χ0) is 21.8. The normalized spacial score (nSPS) is 18.2. The molecular formula is C23H24N4O4. The van der Waals surface area contributed by atoms with Crippen LogP contribution in [0.2, 0.25) is 0 Å². The number of benzene rings is 1. The Labute approximate surface area is 179 Å². The van der Waals surface area contributed by atoms with Crippen LogP contribution in [0.25, 0.3) is 11.1 Å². The largest absolute Gasteiger partial charge is 0.391 e. The van der Waals surface area contributed by atoms with E-state index >= 15 is 0 Å². The number of pyridine rings is 1. The summed E-state index contributed by atoms with van der Waals surface area (Å²) in [6.07, 6.45) is 3.02. The molecule has 0 radical (unpaired) electrons. The van der Waals surface area contributed by atoms with E-state index < -0.39 is 12.1 Å². The summed E-state index contributed by atoms with van der Waals surface area (Å²) in [5.74, 6) is -0.111. The average molecular weight is 420 g/mol. The van der Waals surface area contributed by atoms with Gasteiger partial charge >= 0.3 is 0 Å². The maximum Gasteiger partial charge on any atom is 0.243 e. The molecule has 31 heavy (non-hydrogen) atoms. The number of aromatic nitrogens is 2. The Kier molecular flexibility index (Phi) is 6.08. The number of nitrogens with zero attached hydrogens (tertiary/aromatic N) is 3. The van der Waals surface area contributed by atoms with Crippen molar-refractivity contribution in [3.63, 3.8) is 0 Å². The first-order valence-corrected chi connectivity index (χ1v) is 10.2. The molecule has 1 aromatic carbocycles. The molecule has 1 saturated heterocycles. The summed E-state index contributed by atoms with van der Waals surface area (Å²) in [7, 11) is 0. The van der Waals surface area contributed by atoms with E-state index in [1.165, 1.54) is 4.90 Å². The number of hydrogen-bond donors (Lipinski definition) is 2. The first-order valence-electron chi connectivity index (χ1n) is 10.2. The van der Waals surface area contributed by atoms with Crippen LogP contribution in [0, 0.1) is 6.92 Å². The summed E-state index contributed by atoms with van der Waals surface area (Å²) in [5.41, 5.74) is 3.69. The molecule has 0 bridgehead atoms. The molecule has 3 heterocycles. The van der Waals surface area contributed by atoms with Crippen LogP contribution in [-0.4, -0.2) is 50.7 Å². The van der Waals surface area contributed by atoms with E-state index in [2.05, 4.69) is 15.5 Å². The molecule has 0 aliphatic carbocycles. The maximum atomic E-state index is 12.8. The number of nitrogens with one attached hydrogen (secondary N) is 1. The minimum absolute atomic E-state index is 0.00709. The molecule has 1 fully saturated rings. The third-order valence-electron chi connectivity index (χ3n) is 5.32. The van der Waals surface area contributed by atoms with Crippen LogP contribution in [0.4, 0.5) is 0 Å². The maximum absolute atomic E-state index is 12.8. The molecule has 2 amide bonds. The number of amides is 2. The Bertz CT molecular complexity index is 1050. The van der Waals surface area contributed by atoms with Gasteiger partial charge in [0.15, 0.2) is 0 Å². The van der Waals surface area contributed by atoms with Gasteiger partial charge in [0.05, 0.1) is 18.2 Å². The molecule has 1 aliphatic heterocycles. The topological polar surface area (TPSA) is 109 Å². The molecular weight excluding hydrogens is 396 g/mol. The molecule has 0 spiro atoms. The number of likely N-dealkylation sites (tertiary alicyclic amines) is 1. The minimum Gasteiger partial charge on any atom is -0.391 e. The fourth-order valence-electron chi connectivity index (χ4n) is 3.74. The van der Waals surface area contributed by atoms with Crippen molar-refractivity contribution in [1.29, 1.82) is 0 Å². The van der Waals surface area contributed by atoms with Crippen molar-refractivity contribution in [2.45, 2.75) is 38.5 Å². The number of hydrogen-bond acceptors (Lipinski definition) is 6. The number of aryl methyl sites for hydroxylation is 1. The van der Waals surface area contributed by atoms with E-state index in [1.807, 2.05) is 36.4 Å². The van der Waals surface area contributed by atoms with Gasteiger partial charge in [-0.05, 0) is 29.7 Å². The third kappa shape index (κ3) is 4.97. The minimum atomic E-state index is -0.727. The number of rotatable bonds is 6. The van der Waals surface area contributed by atoms with Gasteiger partial charge in [-0.25, -0.2) is 0 Å². The first-order chi connectivity index (χ1) is 15.0. The van der Waals surface area contributed by atoms with Gasteiger partial charge in [0.2, 0.25) is 11.8 Å². The first kappa shape index (κ1) is 20.7. The molecule has 3 aromatic rings. The highest BCUT2D eigenvalue weighted by Crippen LogP contribution is 2.21. The van der Waals surface area contributed by atoms with Gasteiger partial charge in [-0.1, -0.05) is 35.5 Å². The summed E-state index contributed by atoms with van der Waals surface area (Å²) < 4.78 is 5.10. The molecule has 4 rings (SSSR count). The van der Waals surface area contributed by atoms with Crippen LogP contribution in [0.1, 0.15) is 23.4 Å². The lowest BCUT2D eigenvalue weighted by molar-refractivity contribution is -0.138. The SMILES string of the molecule is Cc1cc(CC(=O)N2C[C@H](O)C[C@H]2C(=O)NCc2ccc(-c3cccnc3)cc2)on1. The standard InChI is InChI=1S/C23H24N4O4/c1-15-9-20(31-26-15)11-22(29)27-14-19(28)10-21(27)23(30)25-12-16-4-6-17(7-5-16)18-3-2-8-24-13-18/h2-9,13,19,21,28H,10-12,14H2,1H3,(H,25,30)/t19-,21+/m1/s1. The number of β-amino-alcohol motifs (C(OH)–C–C–N with tert-alkyl or cyclic N) is 1.